The number of rotatable bonds is 1. The van der Waals surface area contributed by atoms with Crippen LogP contribution in [0.3, 0.4) is 0 Å². The van der Waals surface area contributed by atoms with Gasteiger partial charge in [-0.2, -0.15) is 0 Å². The van der Waals surface area contributed by atoms with E-state index in [1.54, 1.807) is 2.52 Å². The first-order chi connectivity index (χ1) is 4.17. The molecule has 0 spiro atoms. The van der Waals surface area contributed by atoms with Gasteiger partial charge in [0.05, 0.1) is 0 Å². The van der Waals surface area contributed by atoms with E-state index in [4.69, 9.17) is 0 Å². The zero-order valence-corrected chi connectivity index (χ0v) is 8.15. The van der Waals surface area contributed by atoms with Crippen LogP contribution in [0.1, 0.15) is 6.42 Å². The van der Waals surface area contributed by atoms with Gasteiger partial charge in [0.15, 0.2) is 0 Å². The zero-order chi connectivity index (χ0) is 6.91. The third-order valence-corrected chi connectivity index (χ3v) is 7.10. The van der Waals surface area contributed by atoms with Crippen molar-refractivity contribution in [1.82, 2.24) is 2.52 Å². The molecule has 5 heteroatoms. The van der Waals surface area contributed by atoms with Gasteiger partial charge in [-0.25, -0.2) is 0 Å². The Kier molecular flexibility index (Phi) is 2.33. The predicted octanol–water partition coefficient (Wildman–Crippen LogP) is -3.34. The second-order valence-corrected chi connectivity index (χ2v) is 6.65. The molecule has 1 saturated heterocycles. The summed E-state index contributed by atoms with van der Waals surface area (Å²) < 4.78 is 23.5. The number of nitrogens with zero attached hydrogens (tertiary/aromatic N) is 1. The SMILES string of the molecule is C[I-]N1CCCS1(=O)=O. The van der Waals surface area contributed by atoms with E-state index in [1.165, 1.54) is 0 Å². The topological polar surface area (TPSA) is 37.4 Å². The molecule has 0 N–H and O–H groups in total. The average Bonchev–Trinajstić information content (AvgIpc) is 2.08. The Balaban J connectivity index is 2.75. The Morgan fingerprint density at radius 3 is 2.44 bits per heavy atom. The van der Waals surface area contributed by atoms with Gasteiger partial charge in [-0.05, 0) is 0 Å². The Hall–Kier alpha value is 0.640. The van der Waals surface area contributed by atoms with Crippen molar-refractivity contribution < 1.29 is 29.9 Å². The maximum absolute atomic E-state index is 10.9. The van der Waals surface area contributed by atoms with Crippen LogP contribution in [0.2, 0.25) is 0 Å². The molecule has 1 rings (SSSR count). The number of hydrogen-bond acceptors (Lipinski definition) is 2. The molecule has 0 radical (unpaired) electrons. The van der Waals surface area contributed by atoms with Gasteiger partial charge in [0.2, 0.25) is 0 Å². The van der Waals surface area contributed by atoms with Crippen molar-refractivity contribution in [2.45, 2.75) is 6.42 Å². The van der Waals surface area contributed by atoms with E-state index >= 15 is 0 Å². The van der Waals surface area contributed by atoms with E-state index in [0.29, 0.717) is 5.75 Å². The van der Waals surface area contributed by atoms with Crippen LogP contribution in [0.15, 0.2) is 0 Å². The molecule has 9 heavy (non-hydrogen) atoms. The van der Waals surface area contributed by atoms with E-state index in [1.807, 2.05) is 4.93 Å². The third-order valence-electron chi connectivity index (χ3n) is 1.23. The molecule has 1 heterocycles. The second-order valence-electron chi connectivity index (χ2n) is 1.85. The number of alkyl halides is 1. The molecule has 0 atom stereocenters. The van der Waals surface area contributed by atoms with Crippen LogP contribution in [-0.4, -0.2) is 28.2 Å². The van der Waals surface area contributed by atoms with Gasteiger partial charge in [-0.15, -0.1) is 0 Å². The predicted molar refractivity (Wildman–Crippen MR) is 31.0 cm³/mol. The molecule has 0 amide bonds. The molecular formula is C4H9INO2S-. The summed E-state index contributed by atoms with van der Waals surface area (Å²) in [6, 6.07) is 0. The van der Waals surface area contributed by atoms with E-state index in [9.17, 15) is 8.42 Å². The van der Waals surface area contributed by atoms with Crippen LogP contribution in [0.5, 0.6) is 0 Å². The van der Waals surface area contributed by atoms with Crippen LogP contribution in [0.4, 0.5) is 0 Å². The van der Waals surface area contributed by atoms with Crippen molar-refractivity contribution in [3.8, 4) is 0 Å². The normalized spacial score (nSPS) is 27.2. The molecule has 0 aromatic heterocycles. The molecule has 0 saturated carbocycles. The summed E-state index contributed by atoms with van der Waals surface area (Å²) in [5, 5.41) is 0. The molecule has 56 valence electrons. The van der Waals surface area contributed by atoms with Gasteiger partial charge < -0.3 is 0 Å². The summed E-state index contributed by atoms with van der Waals surface area (Å²) >= 11 is -0.240. The molecule has 3 nitrogen and oxygen atoms in total. The van der Waals surface area contributed by atoms with E-state index < -0.39 is 10.0 Å². The minimum atomic E-state index is -2.75. The molecule has 0 unspecified atom stereocenters. The minimum absolute atomic E-state index is 0.240. The Morgan fingerprint density at radius 1 is 1.56 bits per heavy atom. The molecule has 0 aromatic rings. The van der Waals surface area contributed by atoms with Gasteiger partial charge in [-0.3, -0.25) is 0 Å². The van der Waals surface area contributed by atoms with Crippen molar-refractivity contribution in [2.75, 3.05) is 17.2 Å². The average molecular weight is 262 g/mol. The molecule has 1 aliphatic heterocycles. The summed E-state index contributed by atoms with van der Waals surface area (Å²) in [4.78, 5) is 1.97. The summed E-state index contributed by atoms with van der Waals surface area (Å²) in [6.07, 6.45) is 0.829. The maximum atomic E-state index is 10.9. The van der Waals surface area contributed by atoms with Gasteiger partial charge in [0.25, 0.3) is 0 Å². The van der Waals surface area contributed by atoms with E-state index in [0.717, 1.165) is 13.0 Å². The summed E-state index contributed by atoms with van der Waals surface area (Å²) in [6.45, 7) is 0.770. The van der Waals surface area contributed by atoms with Crippen molar-refractivity contribution in [2.24, 2.45) is 0 Å². The first-order valence-electron chi connectivity index (χ1n) is 2.67. The standard InChI is InChI=1S/C4H9INO2S/c1-5-6-3-2-4-9(6,7)8/h2-4H2,1H3/q-1. The van der Waals surface area contributed by atoms with Crippen molar-refractivity contribution in [3.05, 3.63) is 0 Å². The molecule has 0 aliphatic carbocycles. The van der Waals surface area contributed by atoms with E-state index in [-0.39, 0.29) is 21.5 Å². The van der Waals surface area contributed by atoms with Gasteiger partial charge in [0.1, 0.15) is 0 Å². The van der Waals surface area contributed by atoms with Crippen LogP contribution >= 0.6 is 0 Å². The summed E-state index contributed by atoms with van der Waals surface area (Å²) in [5.74, 6) is 0.376. The van der Waals surface area contributed by atoms with Gasteiger partial charge in [0, 0.05) is 0 Å². The fourth-order valence-corrected chi connectivity index (χ4v) is 5.32. The third kappa shape index (κ3) is 1.56. The monoisotopic (exact) mass is 262 g/mol. The van der Waals surface area contributed by atoms with Crippen LogP contribution in [0, 0.1) is 0 Å². The van der Waals surface area contributed by atoms with Crippen LogP contribution in [-0.2, 0) is 10.0 Å². The Labute approximate surface area is 66.1 Å². The first-order valence-corrected chi connectivity index (χ1v) is 7.40. The van der Waals surface area contributed by atoms with Crippen molar-refractivity contribution in [3.63, 3.8) is 0 Å². The molecule has 0 bridgehead atoms. The first kappa shape index (κ1) is 7.74. The molecule has 1 aliphatic rings. The number of halogens is 1. The molecular weight excluding hydrogens is 253 g/mol. The fraction of sp³-hybridized carbons (Fsp3) is 1.00. The van der Waals surface area contributed by atoms with Gasteiger partial charge >= 0.3 is 66.1 Å². The molecule has 0 aromatic carbocycles. The van der Waals surface area contributed by atoms with Crippen molar-refractivity contribution in [1.29, 1.82) is 0 Å². The summed E-state index contributed by atoms with van der Waals surface area (Å²) in [7, 11) is -2.75. The summed E-state index contributed by atoms with van der Waals surface area (Å²) in [5.41, 5.74) is 0. The van der Waals surface area contributed by atoms with Crippen LogP contribution in [0.25, 0.3) is 0 Å². The Bertz CT molecular complexity index is 189. The quantitative estimate of drug-likeness (QED) is 0.281. The zero-order valence-electron chi connectivity index (χ0n) is 5.17. The number of hydrogen-bond donors (Lipinski definition) is 0. The van der Waals surface area contributed by atoms with Crippen molar-refractivity contribution >= 4 is 10.0 Å². The van der Waals surface area contributed by atoms with E-state index in [2.05, 4.69) is 0 Å². The van der Waals surface area contributed by atoms with Crippen LogP contribution < -0.4 is 21.5 Å². The second kappa shape index (κ2) is 2.71. The molecule has 1 fully saturated rings. The Morgan fingerprint density at radius 2 is 2.22 bits per heavy atom. The number of sulfonamides is 1. The fourth-order valence-electron chi connectivity index (χ4n) is 0.799. The van der Waals surface area contributed by atoms with Gasteiger partial charge in [-0.1, -0.05) is 0 Å².